The van der Waals surface area contributed by atoms with Crippen molar-refractivity contribution in [1.29, 1.82) is 0 Å². The highest BCUT2D eigenvalue weighted by Gasteiger charge is 2.35. The second-order valence-corrected chi connectivity index (χ2v) is 8.14. The number of benzene rings is 1. The molecule has 2 heterocycles. The molecule has 3 rings (SSSR count). The van der Waals surface area contributed by atoms with Gasteiger partial charge in [0, 0.05) is 19.6 Å². The predicted molar refractivity (Wildman–Crippen MR) is 80.6 cm³/mol. The van der Waals surface area contributed by atoms with Gasteiger partial charge in [0.2, 0.25) is 5.91 Å². The minimum atomic E-state index is -2.97. The van der Waals surface area contributed by atoms with Crippen molar-refractivity contribution >= 4 is 15.7 Å². The van der Waals surface area contributed by atoms with Crippen LogP contribution in [0.25, 0.3) is 0 Å². The summed E-state index contributed by atoms with van der Waals surface area (Å²) < 4.78 is 23.1. The Morgan fingerprint density at radius 3 is 2.67 bits per heavy atom. The Kier molecular flexibility index (Phi) is 3.75. The van der Waals surface area contributed by atoms with Gasteiger partial charge in [-0.25, -0.2) is 8.42 Å². The van der Waals surface area contributed by atoms with E-state index in [1.807, 2.05) is 12.1 Å². The molecule has 1 aromatic carbocycles. The van der Waals surface area contributed by atoms with Crippen molar-refractivity contribution in [2.45, 2.75) is 31.5 Å². The van der Waals surface area contributed by atoms with Crippen LogP contribution in [0.15, 0.2) is 24.3 Å². The minimum Gasteiger partial charge on any atom is -0.340 e. The van der Waals surface area contributed by atoms with Crippen LogP contribution in [0.3, 0.4) is 0 Å². The van der Waals surface area contributed by atoms with E-state index in [9.17, 15) is 13.2 Å². The molecule has 0 saturated carbocycles. The number of carbonyl (C=O) groups excluding carboxylic acids is 1. The van der Waals surface area contributed by atoms with Crippen molar-refractivity contribution in [2.24, 2.45) is 0 Å². The second-order valence-electron chi connectivity index (χ2n) is 5.91. The normalized spacial score (nSPS) is 27.1. The summed E-state index contributed by atoms with van der Waals surface area (Å²) in [6, 6.07) is 7.67. The molecular weight excluding hydrogens is 288 g/mol. The second kappa shape index (κ2) is 5.42. The Morgan fingerprint density at radius 2 is 2.00 bits per heavy atom. The average Bonchev–Trinajstić information content (AvgIpc) is 2.85. The molecule has 1 unspecified atom stereocenters. The van der Waals surface area contributed by atoms with Crippen molar-refractivity contribution < 1.29 is 13.2 Å². The van der Waals surface area contributed by atoms with Crippen LogP contribution in [0.1, 0.15) is 17.5 Å². The Morgan fingerprint density at radius 1 is 1.29 bits per heavy atom. The van der Waals surface area contributed by atoms with Crippen LogP contribution in [-0.2, 0) is 27.6 Å². The Balaban J connectivity index is 1.69. The van der Waals surface area contributed by atoms with Crippen molar-refractivity contribution in [3.63, 3.8) is 0 Å². The summed E-state index contributed by atoms with van der Waals surface area (Å²) in [5.41, 5.74) is 2.43. The fraction of sp³-hybridized carbons (Fsp3) is 0.533. The van der Waals surface area contributed by atoms with E-state index in [0.29, 0.717) is 19.4 Å². The molecule has 0 bridgehead atoms. The van der Waals surface area contributed by atoms with Gasteiger partial charge in [-0.1, -0.05) is 24.3 Å². The average molecular weight is 308 g/mol. The highest BCUT2D eigenvalue weighted by atomic mass is 32.2. The molecule has 21 heavy (non-hydrogen) atoms. The largest absolute Gasteiger partial charge is 0.340 e. The van der Waals surface area contributed by atoms with Gasteiger partial charge in [0.1, 0.15) is 0 Å². The number of hydrogen-bond acceptors (Lipinski definition) is 4. The molecular formula is C15H20N2O3S. The highest BCUT2D eigenvalue weighted by Crippen LogP contribution is 2.21. The molecule has 1 aromatic rings. The first-order valence-corrected chi connectivity index (χ1v) is 9.06. The standard InChI is InChI=1S/C15H20N2O3S/c1-17(13-6-7-21(19,20)10-13)15(18)14-8-11-4-2-3-5-12(11)9-16-14/h2-5,13-14,16H,6-10H2,1H3/t13?,14-/m1/s1. The van der Waals surface area contributed by atoms with E-state index in [2.05, 4.69) is 17.4 Å². The van der Waals surface area contributed by atoms with Crippen LogP contribution in [-0.4, -0.2) is 49.9 Å². The number of rotatable bonds is 2. The predicted octanol–water partition coefficient (Wildman–Crippen LogP) is 0.346. The summed E-state index contributed by atoms with van der Waals surface area (Å²) in [5.74, 6) is 0.279. The van der Waals surface area contributed by atoms with Gasteiger partial charge in [-0.15, -0.1) is 0 Å². The summed E-state index contributed by atoms with van der Waals surface area (Å²) in [5, 5.41) is 3.26. The third kappa shape index (κ3) is 2.96. The van der Waals surface area contributed by atoms with Gasteiger partial charge in [0.15, 0.2) is 9.84 Å². The Hall–Kier alpha value is -1.40. The number of hydrogen-bond donors (Lipinski definition) is 1. The van der Waals surface area contributed by atoms with E-state index in [1.165, 1.54) is 11.1 Å². The molecule has 5 nitrogen and oxygen atoms in total. The fourth-order valence-electron chi connectivity index (χ4n) is 3.14. The summed E-state index contributed by atoms with van der Waals surface area (Å²) in [7, 11) is -1.25. The number of carbonyl (C=O) groups is 1. The number of nitrogens with one attached hydrogen (secondary N) is 1. The first kappa shape index (κ1) is 14.5. The lowest BCUT2D eigenvalue weighted by molar-refractivity contribution is -0.134. The first-order chi connectivity index (χ1) is 9.96. The zero-order chi connectivity index (χ0) is 15.0. The summed E-state index contributed by atoms with van der Waals surface area (Å²) >= 11 is 0. The molecule has 1 fully saturated rings. The minimum absolute atomic E-state index is 0.00777. The van der Waals surface area contributed by atoms with Crippen LogP contribution < -0.4 is 5.32 Å². The number of likely N-dealkylation sites (N-methyl/N-ethyl adjacent to an activating group) is 1. The molecule has 1 saturated heterocycles. The van der Waals surface area contributed by atoms with Gasteiger partial charge >= 0.3 is 0 Å². The maximum Gasteiger partial charge on any atom is 0.240 e. The maximum atomic E-state index is 12.6. The lowest BCUT2D eigenvalue weighted by atomic mass is 9.95. The van der Waals surface area contributed by atoms with E-state index in [1.54, 1.807) is 11.9 Å². The van der Waals surface area contributed by atoms with Crippen molar-refractivity contribution in [3.8, 4) is 0 Å². The van der Waals surface area contributed by atoms with Gasteiger partial charge in [-0.05, 0) is 24.0 Å². The third-order valence-corrected chi connectivity index (χ3v) is 6.23. The topological polar surface area (TPSA) is 66.5 Å². The summed E-state index contributed by atoms with van der Waals surface area (Å²) in [6.07, 6.45) is 1.21. The zero-order valence-corrected chi connectivity index (χ0v) is 12.9. The highest BCUT2D eigenvalue weighted by molar-refractivity contribution is 7.91. The van der Waals surface area contributed by atoms with Gasteiger partial charge < -0.3 is 10.2 Å². The van der Waals surface area contributed by atoms with Crippen molar-refractivity contribution in [3.05, 3.63) is 35.4 Å². The Labute approximate surface area is 125 Å². The lowest BCUT2D eigenvalue weighted by Gasteiger charge is -2.31. The van der Waals surface area contributed by atoms with Crippen LogP contribution >= 0.6 is 0 Å². The molecule has 1 amide bonds. The number of fused-ring (bicyclic) bond motifs is 1. The monoisotopic (exact) mass is 308 g/mol. The molecule has 0 aliphatic carbocycles. The summed E-state index contributed by atoms with van der Waals surface area (Å²) in [6.45, 7) is 0.684. The molecule has 2 atom stereocenters. The first-order valence-electron chi connectivity index (χ1n) is 7.23. The van der Waals surface area contributed by atoms with Gasteiger partial charge in [-0.3, -0.25) is 4.79 Å². The number of sulfone groups is 1. The van der Waals surface area contributed by atoms with Crippen LogP contribution in [0.4, 0.5) is 0 Å². The van der Waals surface area contributed by atoms with E-state index >= 15 is 0 Å². The van der Waals surface area contributed by atoms with Crippen LogP contribution in [0.2, 0.25) is 0 Å². The number of amides is 1. The van der Waals surface area contributed by atoms with Crippen molar-refractivity contribution in [1.82, 2.24) is 10.2 Å². The molecule has 0 spiro atoms. The third-order valence-electron chi connectivity index (χ3n) is 4.48. The molecule has 0 aromatic heterocycles. The van der Waals surface area contributed by atoms with E-state index < -0.39 is 9.84 Å². The molecule has 2 aliphatic heterocycles. The maximum absolute atomic E-state index is 12.6. The Bertz CT molecular complexity index is 657. The molecule has 0 radical (unpaired) electrons. The molecule has 1 N–H and O–H groups in total. The fourth-order valence-corrected chi connectivity index (χ4v) is 4.91. The van der Waals surface area contributed by atoms with Gasteiger partial charge in [-0.2, -0.15) is 0 Å². The lowest BCUT2D eigenvalue weighted by Crippen LogP contribution is -2.51. The van der Waals surface area contributed by atoms with Crippen molar-refractivity contribution in [2.75, 3.05) is 18.6 Å². The molecule has 2 aliphatic rings. The zero-order valence-electron chi connectivity index (χ0n) is 12.1. The van der Waals surface area contributed by atoms with Crippen LogP contribution in [0.5, 0.6) is 0 Å². The van der Waals surface area contributed by atoms with E-state index in [4.69, 9.17) is 0 Å². The van der Waals surface area contributed by atoms with E-state index in [-0.39, 0.29) is 29.5 Å². The quantitative estimate of drug-likeness (QED) is 0.856. The van der Waals surface area contributed by atoms with Gasteiger partial charge in [0.25, 0.3) is 0 Å². The van der Waals surface area contributed by atoms with E-state index in [0.717, 1.165) is 0 Å². The van der Waals surface area contributed by atoms with Crippen LogP contribution in [0, 0.1) is 0 Å². The van der Waals surface area contributed by atoms with Gasteiger partial charge in [0.05, 0.1) is 17.5 Å². The SMILES string of the molecule is CN(C(=O)[C@H]1Cc2ccccc2CN1)C1CCS(=O)(=O)C1. The molecule has 6 heteroatoms. The molecule has 114 valence electrons. The summed E-state index contributed by atoms with van der Waals surface area (Å²) in [4.78, 5) is 14.2. The smallest absolute Gasteiger partial charge is 0.240 e. The number of nitrogens with zero attached hydrogens (tertiary/aromatic N) is 1.